The summed E-state index contributed by atoms with van der Waals surface area (Å²) in [5.41, 5.74) is 1.32. The van der Waals surface area contributed by atoms with Gasteiger partial charge < -0.3 is 19.9 Å². The molecule has 0 spiro atoms. The molecule has 0 bridgehead atoms. The third kappa shape index (κ3) is 5.18. The van der Waals surface area contributed by atoms with Gasteiger partial charge in [-0.2, -0.15) is 0 Å². The molecule has 1 fully saturated rings. The number of aliphatic hydroxyl groups is 1. The molecule has 1 aromatic carbocycles. The van der Waals surface area contributed by atoms with Crippen molar-refractivity contribution in [2.45, 2.75) is 18.5 Å². The molecule has 1 saturated heterocycles. The summed E-state index contributed by atoms with van der Waals surface area (Å²) >= 11 is 0. The van der Waals surface area contributed by atoms with E-state index < -0.39 is 24.4 Å². The van der Waals surface area contributed by atoms with Crippen molar-refractivity contribution in [1.82, 2.24) is 20.3 Å². The maximum absolute atomic E-state index is 12.8. The van der Waals surface area contributed by atoms with Crippen molar-refractivity contribution in [2.24, 2.45) is 0 Å². The number of halogens is 3. The first-order chi connectivity index (χ1) is 15.3. The van der Waals surface area contributed by atoms with Gasteiger partial charge in [0.15, 0.2) is 5.82 Å². The van der Waals surface area contributed by atoms with Gasteiger partial charge in [0, 0.05) is 23.5 Å². The van der Waals surface area contributed by atoms with Gasteiger partial charge in [0.1, 0.15) is 11.4 Å². The van der Waals surface area contributed by atoms with Crippen molar-refractivity contribution in [1.29, 1.82) is 0 Å². The smallest absolute Gasteiger partial charge is 0.406 e. The molecule has 4 rings (SSSR count). The number of hydrogen-bond acceptors (Lipinski definition) is 7. The number of carbonyl (C=O) groups is 1. The minimum Gasteiger partial charge on any atom is -0.406 e. The molecule has 0 aliphatic carbocycles. The lowest BCUT2D eigenvalue weighted by atomic mass is 10.1. The number of ether oxygens (including phenoxy) is 2. The molecule has 32 heavy (non-hydrogen) atoms. The van der Waals surface area contributed by atoms with E-state index in [1.54, 1.807) is 18.3 Å². The largest absolute Gasteiger partial charge is 0.573 e. The zero-order valence-electron chi connectivity index (χ0n) is 16.4. The van der Waals surface area contributed by atoms with Crippen molar-refractivity contribution in [3.8, 4) is 28.4 Å². The fourth-order valence-electron chi connectivity index (χ4n) is 3.09. The molecule has 8 nitrogen and oxygen atoms in total. The van der Waals surface area contributed by atoms with E-state index in [2.05, 4.69) is 25.0 Å². The average molecular weight is 446 g/mol. The molecule has 0 radical (unpaired) electrons. The van der Waals surface area contributed by atoms with Crippen LogP contribution < -0.4 is 10.1 Å². The zero-order valence-corrected chi connectivity index (χ0v) is 16.4. The molecule has 3 aromatic rings. The van der Waals surface area contributed by atoms with Crippen LogP contribution >= 0.6 is 0 Å². The third-order valence-corrected chi connectivity index (χ3v) is 4.63. The van der Waals surface area contributed by atoms with Crippen molar-refractivity contribution in [3.05, 3.63) is 60.6 Å². The number of aliphatic hydroxyl groups excluding tert-OH is 1. The number of nitrogens with zero attached hydrogens (tertiary/aromatic N) is 3. The molecule has 166 valence electrons. The highest BCUT2D eigenvalue weighted by molar-refractivity contribution is 5.94. The lowest BCUT2D eigenvalue weighted by Crippen LogP contribution is -2.42. The van der Waals surface area contributed by atoms with Gasteiger partial charge in [0.2, 0.25) is 0 Å². The van der Waals surface area contributed by atoms with Crippen molar-refractivity contribution >= 4 is 5.91 Å². The van der Waals surface area contributed by atoms with Gasteiger partial charge in [-0.25, -0.2) is 9.97 Å². The fraction of sp³-hybridized carbons (Fsp3) is 0.238. The number of rotatable bonds is 5. The maximum Gasteiger partial charge on any atom is 0.573 e. The Morgan fingerprint density at radius 2 is 1.91 bits per heavy atom. The summed E-state index contributed by atoms with van der Waals surface area (Å²) in [6, 6.07) is 9.32. The normalized spacial score (nSPS) is 18.4. The lowest BCUT2D eigenvalue weighted by molar-refractivity contribution is -0.274. The predicted molar refractivity (Wildman–Crippen MR) is 105 cm³/mol. The van der Waals surface area contributed by atoms with E-state index in [-0.39, 0.29) is 30.5 Å². The van der Waals surface area contributed by atoms with E-state index in [9.17, 15) is 23.1 Å². The Labute approximate surface area is 180 Å². The van der Waals surface area contributed by atoms with Crippen LogP contribution in [0.1, 0.15) is 10.5 Å². The number of benzene rings is 1. The Morgan fingerprint density at radius 1 is 1.12 bits per heavy atom. The standard InChI is InChI=1S/C21H17F3N4O4/c22-21(23,24)32-14-5-3-12(4-6-14)15-8-16(20(30)28-17-10-31-11-18(17)29)27-19(26-15)13-2-1-7-25-9-13/h1-9,17-18,29H,10-11H2,(H,28,30)/t17-,18-/m0/s1. The molecular formula is C21H17F3N4O4. The zero-order chi connectivity index (χ0) is 22.7. The van der Waals surface area contributed by atoms with E-state index >= 15 is 0 Å². The highest BCUT2D eigenvalue weighted by Crippen LogP contribution is 2.27. The molecule has 1 aliphatic rings. The second kappa shape index (κ2) is 8.89. The van der Waals surface area contributed by atoms with E-state index in [4.69, 9.17) is 4.74 Å². The number of carbonyl (C=O) groups excluding carboxylic acids is 1. The van der Waals surface area contributed by atoms with Crippen LogP contribution in [-0.4, -0.2) is 57.7 Å². The van der Waals surface area contributed by atoms with Crippen LogP contribution in [0, 0.1) is 0 Å². The van der Waals surface area contributed by atoms with Crippen molar-refractivity contribution < 1.29 is 32.5 Å². The monoisotopic (exact) mass is 446 g/mol. The SMILES string of the molecule is O=C(N[C@H]1COC[C@@H]1O)c1cc(-c2ccc(OC(F)(F)F)cc2)nc(-c2cccnc2)n1. The summed E-state index contributed by atoms with van der Waals surface area (Å²) in [5.74, 6) is -0.721. The van der Waals surface area contributed by atoms with Crippen LogP contribution in [0.2, 0.25) is 0 Å². The summed E-state index contributed by atoms with van der Waals surface area (Å²) in [6.07, 6.45) is -2.54. The van der Waals surface area contributed by atoms with Crippen LogP contribution in [0.3, 0.4) is 0 Å². The summed E-state index contributed by atoms with van der Waals surface area (Å²) in [7, 11) is 0. The number of pyridine rings is 1. The van der Waals surface area contributed by atoms with Crippen LogP contribution in [0.4, 0.5) is 13.2 Å². The molecule has 0 unspecified atom stereocenters. The maximum atomic E-state index is 12.8. The van der Waals surface area contributed by atoms with Crippen LogP contribution in [0.5, 0.6) is 5.75 Å². The Morgan fingerprint density at radius 3 is 2.53 bits per heavy atom. The van der Waals surface area contributed by atoms with Gasteiger partial charge >= 0.3 is 6.36 Å². The first-order valence-electron chi connectivity index (χ1n) is 9.51. The van der Waals surface area contributed by atoms with Gasteiger partial charge in [-0.15, -0.1) is 13.2 Å². The molecule has 2 N–H and O–H groups in total. The van der Waals surface area contributed by atoms with Gasteiger partial charge in [-0.3, -0.25) is 9.78 Å². The second-order valence-corrected chi connectivity index (χ2v) is 6.96. The van der Waals surface area contributed by atoms with Gasteiger partial charge in [-0.1, -0.05) is 0 Å². The molecule has 11 heteroatoms. The number of hydrogen-bond donors (Lipinski definition) is 2. The summed E-state index contributed by atoms with van der Waals surface area (Å²) in [6.45, 7) is 0.286. The van der Waals surface area contributed by atoms with Crippen molar-refractivity contribution in [2.75, 3.05) is 13.2 Å². The molecular weight excluding hydrogens is 429 g/mol. The number of alkyl halides is 3. The van der Waals surface area contributed by atoms with E-state index in [0.717, 1.165) is 12.1 Å². The first kappa shape index (κ1) is 21.7. The summed E-state index contributed by atoms with van der Waals surface area (Å²) < 4.78 is 46.3. The van der Waals surface area contributed by atoms with E-state index in [1.807, 2.05) is 0 Å². The van der Waals surface area contributed by atoms with Gasteiger partial charge in [0.05, 0.1) is 31.1 Å². The third-order valence-electron chi connectivity index (χ3n) is 4.63. The van der Waals surface area contributed by atoms with Crippen LogP contribution in [-0.2, 0) is 4.74 Å². The minimum absolute atomic E-state index is 0.0172. The Balaban J connectivity index is 1.68. The van der Waals surface area contributed by atoms with Crippen molar-refractivity contribution in [3.63, 3.8) is 0 Å². The molecule has 2 atom stereocenters. The summed E-state index contributed by atoms with van der Waals surface area (Å²) in [5, 5.41) is 12.6. The highest BCUT2D eigenvalue weighted by atomic mass is 19.4. The molecule has 1 aliphatic heterocycles. The Kier molecular flexibility index (Phi) is 6.01. The average Bonchev–Trinajstić information content (AvgIpc) is 3.17. The van der Waals surface area contributed by atoms with E-state index in [1.165, 1.54) is 24.4 Å². The fourth-order valence-corrected chi connectivity index (χ4v) is 3.09. The Hall–Kier alpha value is -3.57. The Bertz CT molecular complexity index is 1090. The topological polar surface area (TPSA) is 106 Å². The number of amides is 1. The van der Waals surface area contributed by atoms with Gasteiger partial charge in [-0.05, 0) is 42.5 Å². The van der Waals surface area contributed by atoms with Crippen LogP contribution in [0.15, 0.2) is 54.9 Å². The number of aromatic nitrogens is 3. The molecule has 0 saturated carbocycles. The molecule has 1 amide bonds. The lowest BCUT2D eigenvalue weighted by Gasteiger charge is -2.15. The quantitative estimate of drug-likeness (QED) is 0.621. The van der Waals surface area contributed by atoms with E-state index in [0.29, 0.717) is 16.8 Å². The van der Waals surface area contributed by atoms with Crippen LogP contribution in [0.25, 0.3) is 22.6 Å². The number of nitrogens with one attached hydrogen (secondary N) is 1. The molecule has 2 aromatic heterocycles. The summed E-state index contributed by atoms with van der Waals surface area (Å²) in [4.78, 5) is 25.6. The first-order valence-corrected chi connectivity index (χ1v) is 9.51. The highest BCUT2D eigenvalue weighted by Gasteiger charge is 2.31. The predicted octanol–water partition coefficient (Wildman–Crippen LogP) is 2.59. The molecule has 3 heterocycles. The second-order valence-electron chi connectivity index (χ2n) is 6.96. The minimum atomic E-state index is -4.80. The van der Waals surface area contributed by atoms with Gasteiger partial charge in [0.25, 0.3) is 5.91 Å².